The van der Waals surface area contributed by atoms with Crippen molar-refractivity contribution in [1.82, 2.24) is 14.1 Å². The zero-order valence-electron chi connectivity index (χ0n) is 15.8. The van der Waals surface area contributed by atoms with Crippen LogP contribution in [0.5, 0.6) is 0 Å². The van der Waals surface area contributed by atoms with Gasteiger partial charge in [-0.15, -0.1) is 0 Å². The standard InChI is InChI=1S/C19H18N4O6S/c24-18-15-7-4-8-16(23(26)27)17(15)19(25)22(18)13-20-9-11-21(12-10-20)30(28,29)14-5-2-1-3-6-14/h1-8H,9-13H2. The maximum Gasteiger partial charge on any atom is 0.282 e. The van der Waals surface area contributed by atoms with Gasteiger partial charge < -0.3 is 0 Å². The molecule has 1 saturated heterocycles. The van der Waals surface area contributed by atoms with Crippen LogP contribution in [-0.4, -0.2) is 72.1 Å². The van der Waals surface area contributed by atoms with Crippen molar-refractivity contribution in [3.8, 4) is 0 Å². The Balaban J connectivity index is 1.45. The van der Waals surface area contributed by atoms with Crippen LogP contribution in [0.2, 0.25) is 0 Å². The molecule has 0 radical (unpaired) electrons. The van der Waals surface area contributed by atoms with Crippen LogP contribution < -0.4 is 0 Å². The van der Waals surface area contributed by atoms with Gasteiger partial charge in [-0.25, -0.2) is 8.42 Å². The number of nitro groups is 1. The number of hydrogen-bond donors (Lipinski definition) is 0. The SMILES string of the molecule is O=C1c2cccc([N+](=O)[O-])c2C(=O)N1CN1CCN(S(=O)(=O)c2ccccc2)CC1. The van der Waals surface area contributed by atoms with Gasteiger partial charge in [0, 0.05) is 32.2 Å². The van der Waals surface area contributed by atoms with E-state index < -0.39 is 32.4 Å². The zero-order chi connectivity index (χ0) is 21.5. The molecule has 30 heavy (non-hydrogen) atoms. The number of benzene rings is 2. The molecule has 0 N–H and O–H groups in total. The van der Waals surface area contributed by atoms with E-state index in [2.05, 4.69) is 0 Å². The molecule has 2 aliphatic rings. The Morgan fingerprint density at radius 1 is 0.900 bits per heavy atom. The Morgan fingerprint density at radius 3 is 2.20 bits per heavy atom. The van der Waals surface area contributed by atoms with E-state index in [1.165, 1.54) is 34.6 Å². The van der Waals surface area contributed by atoms with Gasteiger partial charge in [-0.3, -0.25) is 29.5 Å². The minimum Gasteiger partial charge on any atom is -0.283 e. The molecule has 0 atom stereocenters. The van der Waals surface area contributed by atoms with E-state index in [4.69, 9.17) is 0 Å². The van der Waals surface area contributed by atoms with Gasteiger partial charge in [-0.1, -0.05) is 24.3 Å². The smallest absolute Gasteiger partial charge is 0.282 e. The molecule has 2 aliphatic heterocycles. The largest absolute Gasteiger partial charge is 0.283 e. The van der Waals surface area contributed by atoms with Crippen molar-refractivity contribution in [1.29, 1.82) is 0 Å². The lowest BCUT2D eigenvalue weighted by Crippen LogP contribution is -2.52. The summed E-state index contributed by atoms with van der Waals surface area (Å²) in [5.74, 6) is -1.29. The van der Waals surface area contributed by atoms with Gasteiger partial charge in [0.15, 0.2) is 0 Å². The second kappa shape index (κ2) is 7.59. The van der Waals surface area contributed by atoms with Crippen molar-refractivity contribution < 1.29 is 22.9 Å². The molecule has 0 spiro atoms. The summed E-state index contributed by atoms with van der Waals surface area (Å²) in [5, 5.41) is 11.2. The Morgan fingerprint density at radius 2 is 1.57 bits per heavy atom. The summed E-state index contributed by atoms with van der Waals surface area (Å²) in [6.07, 6.45) is 0. The number of nitro benzene ring substituents is 1. The lowest BCUT2D eigenvalue weighted by Gasteiger charge is -2.35. The lowest BCUT2D eigenvalue weighted by atomic mass is 10.1. The average Bonchev–Trinajstić information content (AvgIpc) is 2.99. The number of carbonyl (C=O) groups is 2. The summed E-state index contributed by atoms with van der Waals surface area (Å²) < 4.78 is 26.8. The van der Waals surface area contributed by atoms with E-state index in [1.54, 1.807) is 23.1 Å². The van der Waals surface area contributed by atoms with Gasteiger partial charge in [0.05, 0.1) is 22.1 Å². The van der Waals surface area contributed by atoms with Crippen molar-refractivity contribution in [3.63, 3.8) is 0 Å². The highest BCUT2D eigenvalue weighted by Crippen LogP contribution is 2.31. The first kappa shape index (κ1) is 20.1. The van der Waals surface area contributed by atoms with Crippen LogP contribution in [0.15, 0.2) is 53.4 Å². The highest BCUT2D eigenvalue weighted by molar-refractivity contribution is 7.89. The second-order valence-electron chi connectivity index (χ2n) is 6.97. The summed E-state index contributed by atoms with van der Waals surface area (Å²) >= 11 is 0. The van der Waals surface area contributed by atoms with E-state index in [0.717, 1.165) is 4.90 Å². The highest BCUT2D eigenvalue weighted by atomic mass is 32.2. The molecule has 0 unspecified atom stereocenters. The second-order valence-corrected chi connectivity index (χ2v) is 8.91. The van der Waals surface area contributed by atoms with Crippen LogP contribution in [0.1, 0.15) is 20.7 Å². The number of hydrogen-bond acceptors (Lipinski definition) is 7. The van der Waals surface area contributed by atoms with E-state index in [1.807, 2.05) is 0 Å². The Labute approximate surface area is 172 Å². The molecule has 2 amide bonds. The molecule has 0 aromatic heterocycles. The monoisotopic (exact) mass is 430 g/mol. The van der Waals surface area contributed by atoms with Gasteiger partial charge in [-0.05, 0) is 18.2 Å². The molecule has 10 nitrogen and oxygen atoms in total. The normalized spacial score (nSPS) is 17.9. The molecular formula is C19H18N4O6S. The highest BCUT2D eigenvalue weighted by Gasteiger charge is 2.42. The van der Waals surface area contributed by atoms with Crippen molar-refractivity contribution in [2.75, 3.05) is 32.8 Å². The minimum atomic E-state index is -3.61. The third kappa shape index (κ3) is 3.36. The lowest BCUT2D eigenvalue weighted by molar-refractivity contribution is -0.385. The first-order valence-corrected chi connectivity index (χ1v) is 10.7. The molecular weight excluding hydrogens is 412 g/mol. The van der Waals surface area contributed by atoms with Crippen LogP contribution in [-0.2, 0) is 10.0 Å². The maximum absolute atomic E-state index is 12.7. The molecule has 4 rings (SSSR count). The van der Waals surface area contributed by atoms with Gasteiger partial charge in [0.2, 0.25) is 10.0 Å². The van der Waals surface area contributed by atoms with Gasteiger partial charge in [0.1, 0.15) is 5.56 Å². The minimum absolute atomic E-state index is 0.0134. The van der Waals surface area contributed by atoms with E-state index in [-0.39, 0.29) is 35.8 Å². The number of nitrogens with zero attached hydrogens (tertiary/aromatic N) is 4. The Kier molecular flexibility index (Phi) is 5.10. The summed E-state index contributed by atoms with van der Waals surface area (Å²) in [6.45, 7) is 1.01. The van der Waals surface area contributed by atoms with Crippen LogP contribution in [0.3, 0.4) is 0 Å². The maximum atomic E-state index is 12.7. The third-order valence-corrected chi connectivity index (χ3v) is 7.14. The summed E-state index contributed by atoms with van der Waals surface area (Å²) in [6, 6.07) is 12.1. The van der Waals surface area contributed by atoms with Gasteiger partial charge in [-0.2, -0.15) is 4.31 Å². The van der Waals surface area contributed by atoms with E-state index >= 15 is 0 Å². The molecule has 2 aromatic carbocycles. The third-order valence-electron chi connectivity index (χ3n) is 5.23. The van der Waals surface area contributed by atoms with Crippen LogP contribution >= 0.6 is 0 Å². The summed E-state index contributed by atoms with van der Waals surface area (Å²) in [7, 11) is -3.61. The van der Waals surface area contributed by atoms with E-state index in [0.29, 0.717) is 13.1 Å². The van der Waals surface area contributed by atoms with Crippen LogP contribution in [0.25, 0.3) is 0 Å². The number of imide groups is 1. The van der Waals surface area contributed by atoms with Crippen molar-refractivity contribution in [3.05, 3.63) is 69.8 Å². The van der Waals surface area contributed by atoms with E-state index in [9.17, 15) is 28.1 Å². The summed E-state index contributed by atoms with van der Waals surface area (Å²) in [4.78, 5) is 38.8. The van der Waals surface area contributed by atoms with Crippen molar-refractivity contribution >= 4 is 27.5 Å². The van der Waals surface area contributed by atoms with Crippen molar-refractivity contribution in [2.45, 2.75) is 4.90 Å². The topological polar surface area (TPSA) is 121 Å². The predicted molar refractivity (Wildman–Crippen MR) is 105 cm³/mol. The molecule has 11 heteroatoms. The number of sulfonamides is 1. The van der Waals surface area contributed by atoms with Gasteiger partial charge in [0.25, 0.3) is 17.5 Å². The van der Waals surface area contributed by atoms with Crippen LogP contribution in [0.4, 0.5) is 5.69 Å². The molecule has 156 valence electrons. The molecule has 2 heterocycles. The first-order valence-electron chi connectivity index (χ1n) is 9.22. The number of carbonyl (C=O) groups excluding carboxylic acids is 2. The fourth-order valence-electron chi connectivity index (χ4n) is 3.65. The molecule has 0 saturated carbocycles. The van der Waals surface area contributed by atoms with Crippen molar-refractivity contribution in [2.24, 2.45) is 0 Å². The molecule has 0 aliphatic carbocycles. The fraction of sp³-hybridized carbons (Fsp3) is 0.263. The Hall–Kier alpha value is -3.15. The number of fused-ring (bicyclic) bond motifs is 1. The number of rotatable bonds is 5. The molecule has 2 aromatic rings. The average molecular weight is 430 g/mol. The van der Waals surface area contributed by atoms with Gasteiger partial charge >= 0.3 is 0 Å². The Bertz CT molecular complexity index is 1130. The predicted octanol–water partition coefficient (Wildman–Crippen LogP) is 1.15. The zero-order valence-corrected chi connectivity index (χ0v) is 16.6. The quantitative estimate of drug-likeness (QED) is 0.396. The number of piperazine rings is 1. The molecule has 0 bridgehead atoms. The molecule has 1 fully saturated rings. The fourth-order valence-corrected chi connectivity index (χ4v) is 5.09. The summed E-state index contributed by atoms with van der Waals surface area (Å²) in [5.41, 5.74) is -0.579. The van der Waals surface area contributed by atoms with Crippen LogP contribution in [0, 0.1) is 10.1 Å². The first-order chi connectivity index (χ1) is 14.3. The number of amides is 2.